The van der Waals surface area contributed by atoms with Crippen LogP contribution in [-0.4, -0.2) is 23.9 Å². The van der Waals surface area contributed by atoms with Crippen LogP contribution in [0.25, 0.3) is 0 Å². The van der Waals surface area contributed by atoms with E-state index in [1.54, 1.807) is 0 Å². The van der Waals surface area contributed by atoms with Gasteiger partial charge in [0.1, 0.15) is 0 Å². The summed E-state index contributed by atoms with van der Waals surface area (Å²) in [4.78, 5) is 0. The second kappa shape index (κ2) is 5.61. The van der Waals surface area contributed by atoms with Crippen LogP contribution in [0.2, 0.25) is 0 Å². The van der Waals surface area contributed by atoms with Crippen LogP contribution < -0.4 is 0 Å². The minimum atomic E-state index is -0.0945. The molecule has 78 valence electrons. The summed E-state index contributed by atoms with van der Waals surface area (Å²) >= 11 is 0. The number of rotatable bonds is 4. The number of aliphatic hydroxyl groups is 1. The van der Waals surface area contributed by atoms with Crippen LogP contribution in [0.15, 0.2) is 0 Å². The Morgan fingerprint density at radius 1 is 1.46 bits per heavy atom. The van der Waals surface area contributed by atoms with Crippen LogP contribution >= 0.6 is 0 Å². The molecule has 1 aliphatic heterocycles. The summed E-state index contributed by atoms with van der Waals surface area (Å²) in [5, 5.41) is 9.83. The molecule has 1 N–H and O–H groups in total. The van der Waals surface area contributed by atoms with Gasteiger partial charge in [-0.15, -0.1) is 0 Å². The molecule has 3 unspecified atom stereocenters. The topological polar surface area (TPSA) is 29.5 Å². The number of hydrogen-bond acceptors (Lipinski definition) is 2. The predicted octanol–water partition coefficient (Wildman–Crippen LogP) is 2.35. The average Bonchev–Trinajstić information content (AvgIpc) is 2.18. The van der Waals surface area contributed by atoms with E-state index in [0.29, 0.717) is 12.0 Å². The summed E-state index contributed by atoms with van der Waals surface area (Å²) in [5.74, 6) is 0.485. The molecule has 1 fully saturated rings. The van der Waals surface area contributed by atoms with E-state index in [2.05, 4.69) is 13.8 Å². The van der Waals surface area contributed by atoms with E-state index in [4.69, 9.17) is 4.74 Å². The Kier molecular flexibility index (Phi) is 4.74. The van der Waals surface area contributed by atoms with Crippen molar-refractivity contribution in [1.29, 1.82) is 0 Å². The number of ether oxygens (including phenoxy) is 1. The van der Waals surface area contributed by atoms with Crippen molar-refractivity contribution in [1.82, 2.24) is 0 Å². The molecule has 0 spiro atoms. The summed E-state index contributed by atoms with van der Waals surface area (Å²) in [6, 6.07) is 0. The first kappa shape index (κ1) is 11.0. The zero-order valence-corrected chi connectivity index (χ0v) is 8.83. The van der Waals surface area contributed by atoms with Gasteiger partial charge in [0, 0.05) is 6.61 Å². The standard InChI is InChI=1S/C11H22O2/c1-3-5-11(12)9-6-7-13-10(4-2)8-9/h9-12H,3-8H2,1-2H3. The van der Waals surface area contributed by atoms with E-state index in [9.17, 15) is 5.11 Å². The highest BCUT2D eigenvalue weighted by molar-refractivity contribution is 4.76. The molecule has 0 aromatic heterocycles. The van der Waals surface area contributed by atoms with Gasteiger partial charge in [-0.05, 0) is 31.6 Å². The fourth-order valence-corrected chi connectivity index (χ4v) is 2.08. The molecule has 0 aromatic rings. The third kappa shape index (κ3) is 3.28. The summed E-state index contributed by atoms with van der Waals surface area (Å²) in [7, 11) is 0. The lowest BCUT2D eigenvalue weighted by atomic mass is 9.87. The molecule has 0 saturated carbocycles. The summed E-state index contributed by atoms with van der Waals surface area (Å²) in [6.07, 6.45) is 5.49. The Morgan fingerprint density at radius 3 is 2.85 bits per heavy atom. The van der Waals surface area contributed by atoms with Gasteiger partial charge in [-0.1, -0.05) is 20.3 Å². The normalized spacial score (nSPS) is 31.6. The maximum Gasteiger partial charge on any atom is 0.0576 e. The van der Waals surface area contributed by atoms with Gasteiger partial charge in [0.05, 0.1) is 12.2 Å². The zero-order chi connectivity index (χ0) is 9.68. The fraction of sp³-hybridized carbons (Fsp3) is 1.00. The third-order valence-corrected chi connectivity index (χ3v) is 2.99. The minimum absolute atomic E-state index is 0.0945. The molecule has 0 aromatic carbocycles. The van der Waals surface area contributed by atoms with Crippen LogP contribution in [0.1, 0.15) is 46.0 Å². The lowest BCUT2D eigenvalue weighted by molar-refractivity contribution is -0.0462. The molecule has 1 saturated heterocycles. The molecule has 0 bridgehead atoms. The van der Waals surface area contributed by atoms with Crippen molar-refractivity contribution in [2.45, 2.75) is 58.2 Å². The smallest absolute Gasteiger partial charge is 0.0576 e. The maximum absolute atomic E-state index is 9.83. The van der Waals surface area contributed by atoms with Gasteiger partial charge in [-0.2, -0.15) is 0 Å². The van der Waals surface area contributed by atoms with Crippen molar-refractivity contribution in [2.75, 3.05) is 6.61 Å². The van der Waals surface area contributed by atoms with Crippen molar-refractivity contribution in [2.24, 2.45) is 5.92 Å². The van der Waals surface area contributed by atoms with E-state index < -0.39 is 0 Å². The Morgan fingerprint density at radius 2 is 2.23 bits per heavy atom. The van der Waals surface area contributed by atoms with Gasteiger partial charge >= 0.3 is 0 Å². The van der Waals surface area contributed by atoms with Crippen molar-refractivity contribution >= 4 is 0 Å². The number of aliphatic hydroxyl groups excluding tert-OH is 1. The first-order valence-corrected chi connectivity index (χ1v) is 5.57. The fourth-order valence-electron chi connectivity index (χ4n) is 2.08. The van der Waals surface area contributed by atoms with E-state index >= 15 is 0 Å². The molecule has 3 atom stereocenters. The Hall–Kier alpha value is -0.0800. The van der Waals surface area contributed by atoms with E-state index in [1.165, 1.54) is 0 Å². The highest BCUT2D eigenvalue weighted by atomic mass is 16.5. The number of hydrogen-bond donors (Lipinski definition) is 1. The first-order chi connectivity index (χ1) is 6.27. The van der Waals surface area contributed by atoms with Gasteiger partial charge in [0.15, 0.2) is 0 Å². The lowest BCUT2D eigenvalue weighted by Gasteiger charge is -2.31. The predicted molar refractivity (Wildman–Crippen MR) is 53.7 cm³/mol. The monoisotopic (exact) mass is 186 g/mol. The maximum atomic E-state index is 9.83. The quantitative estimate of drug-likeness (QED) is 0.730. The van der Waals surface area contributed by atoms with Crippen molar-refractivity contribution in [3.8, 4) is 0 Å². The molecule has 0 aliphatic carbocycles. The summed E-state index contributed by atoms with van der Waals surface area (Å²) in [5.41, 5.74) is 0. The molecule has 0 amide bonds. The van der Waals surface area contributed by atoms with Crippen LogP contribution in [0.5, 0.6) is 0 Å². The van der Waals surface area contributed by atoms with Gasteiger partial charge in [0.25, 0.3) is 0 Å². The highest BCUT2D eigenvalue weighted by Crippen LogP contribution is 2.26. The van der Waals surface area contributed by atoms with Gasteiger partial charge < -0.3 is 9.84 Å². The lowest BCUT2D eigenvalue weighted by Crippen LogP contribution is -2.32. The van der Waals surface area contributed by atoms with E-state index in [1.807, 2.05) is 0 Å². The third-order valence-electron chi connectivity index (χ3n) is 2.99. The van der Waals surface area contributed by atoms with Gasteiger partial charge in [-0.25, -0.2) is 0 Å². The highest BCUT2D eigenvalue weighted by Gasteiger charge is 2.26. The first-order valence-electron chi connectivity index (χ1n) is 5.57. The Bertz CT molecular complexity index is 136. The average molecular weight is 186 g/mol. The van der Waals surface area contributed by atoms with Crippen molar-refractivity contribution in [3.05, 3.63) is 0 Å². The van der Waals surface area contributed by atoms with Gasteiger partial charge in [0.2, 0.25) is 0 Å². The van der Waals surface area contributed by atoms with Crippen molar-refractivity contribution < 1.29 is 9.84 Å². The van der Waals surface area contributed by atoms with Crippen LogP contribution in [0.4, 0.5) is 0 Å². The molecular formula is C11H22O2. The second-order valence-corrected chi connectivity index (χ2v) is 4.04. The van der Waals surface area contributed by atoms with E-state index in [-0.39, 0.29) is 6.10 Å². The second-order valence-electron chi connectivity index (χ2n) is 4.04. The van der Waals surface area contributed by atoms with E-state index in [0.717, 1.165) is 38.7 Å². The largest absolute Gasteiger partial charge is 0.393 e. The van der Waals surface area contributed by atoms with Gasteiger partial charge in [-0.3, -0.25) is 0 Å². The SMILES string of the molecule is CCCC(O)C1CCOC(CC)C1. The molecule has 1 aliphatic rings. The Balaban J connectivity index is 2.32. The minimum Gasteiger partial charge on any atom is -0.393 e. The van der Waals surface area contributed by atoms with Crippen LogP contribution in [0.3, 0.4) is 0 Å². The van der Waals surface area contributed by atoms with Crippen LogP contribution in [0, 0.1) is 5.92 Å². The molecule has 1 heterocycles. The zero-order valence-electron chi connectivity index (χ0n) is 8.83. The molecule has 13 heavy (non-hydrogen) atoms. The molecule has 2 nitrogen and oxygen atoms in total. The molecule has 1 rings (SSSR count). The van der Waals surface area contributed by atoms with Crippen molar-refractivity contribution in [3.63, 3.8) is 0 Å². The summed E-state index contributed by atoms with van der Waals surface area (Å²) in [6.45, 7) is 5.11. The molecule has 0 radical (unpaired) electrons. The Labute approximate surface area is 81.3 Å². The molecular weight excluding hydrogens is 164 g/mol. The van der Waals surface area contributed by atoms with Crippen LogP contribution in [-0.2, 0) is 4.74 Å². The summed E-state index contributed by atoms with van der Waals surface area (Å²) < 4.78 is 5.57. The molecule has 2 heteroatoms.